The Hall–Kier alpha value is -0.990. The van der Waals surface area contributed by atoms with E-state index in [9.17, 15) is 4.79 Å². The van der Waals surface area contributed by atoms with Gasteiger partial charge in [0, 0.05) is 26.8 Å². The van der Waals surface area contributed by atoms with Crippen LogP contribution in [0.3, 0.4) is 0 Å². The summed E-state index contributed by atoms with van der Waals surface area (Å²) in [6, 6.07) is 0. The van der Waals surface area contributed by atoms with Crippen LogP contribution in [-0.2, 0) is 4.79 Å². The van der Waals surface area contributed by atoms with Crippen LogP contribution in [0.15, 0.2) is 12.3 Å². The molecule has 3 nitrogen and oxygen atoms in total. The second kappa shape index (κ2) is 4.80. The molecule has 0 aliphatic heterocycles. The number of hydrogen-bond acceptors (Lipinski definition) is 2. The van der Waals surface area contributed by atoms with Crippen LogP contribution >= 0.6 is 0 Å². The molecular weight excluding hydrogens is 152 g/mol. The molecule has 0 spiro atoms. The van der Waals surface area contributed by atoms with Crippen LogP contribution < -0.4 is 0 Å². The zero-order valence-corrected chi connectivity index (χ0v) is 8.42. The van der Waals surface area contributed by atoms with Gasteiger partial charge in [-0.2, -0.15) is 0 Å². The number of rotatable bonds is 4. The molecule has 0 atom stereocenters. The summed E-state index contributed by atoms with van der Waals surface area (Å²) in [5.74, 6) is 0.104. The third-order valence-corrected chi connectivity index (χ3v) is 1.82. The van der Waals surface area contributed by atoms with Gasteiger partial charge in [0.25, 0.3) is 0 Å². The monoisotopic (exact) mass is 170 g/mol. The molecule has 12 heavy (non-hydrogen) atoms. The first-order valence-corrected chi connectivity index (χ1v) is 4.08. The molecule has 0 rings (SSSR count). The Labute approximate surface area is 74.7 Å². The summed E-state index contributed by atoms with van der Waals surface area (Å²) >= 11 is 0. The van der Waals surface area contributed by atoms with Crippen molar-refractivity contribution in [1.29, 1.82) is 0 Å². The topological polar surface area (TPSA) is 23.6 Å². The van der Waals surface area contributed by atoms with Crippen molar-refractivity contribution in [2.75, 3.05) is 27.7 Å². The Kier molecular flexibility index (Phi) is 4.40. The van der Waals surface area contributed by atoms with Gasteiger partial charge >= 0.3 is 0 Å². The Balaban J connectivity index is 3.92. The predicted octanol–water partition coefficient (Wildman–Crippen LogP) is 0.930. The van der Waals surface area contributed by atoms with Crippen LogP contribution in [0.2, 0.25) is 0 Å². The van der Waals surface area contributed by atoms with Crippen molar-refractivity contribution < 1.29 is 4.79 Å². The highest BCUT2D eigenvalue weighted by molar-refractivity contribution is 5.77. The predicted molar refractivity (Wildman–Crippen MR) is 50.8 cm³/mol. The fourth-order valence-electron chi connectivity index (χ4n) is 0.726. The van der Waals surface area contributed by atoms with Crippen LogP contribution in [0.1, 0.15) is 13.3 Å². The lowest BCUT2D eigenvalue weighted by molar-refractivity contribution is -0.129. The summed E-state index contributed by atoms with van der Waals surface area (Å²) in [5.41, 5.74) is 0.991. The van der Waals surface area contributed by atoms with Gasteiger partial charge in [-0.1, -0.05) is 13.5 Å². The molecule has 0 aromatic rings. The van der Waals surface area contributed by atoms with Gasteiger partial charge in [-0.3, -0.25) is 4.79 Å². The van der Waals surface area contributed by atoms with Gasteiger partial charge in [0.1, 0.15) is 0 Å². The fourth-order valence-corrected chi connectivity index (χ4v) is 0.726. The molecule has 70 valence electrons. The Morgan fingerprint density at radius 2 is 1.83 bits per heavy atom. The number of carbonyl (C=O) groups excluding carboxylic acids is 1. The van der Waals surface area contributed by atoms with E-state index in [2.05, 4.69) is 6.58 Å². The van der Waals surface area contributed by atoms with E-state index in [1.807, 2.05) is 18.9 Å². The normalized spacial score (nSPS) is 9.33. The van der Waals surface area contributed by atoms with Gasteiger partial charge in [0.15, 0.2) is 0 Å². The minimum atomic E-state index is 0.104. The van der Waals surface area contributed by atoms with Crippen molar-refractivity contribution in [3.8, 4) is 0 Å². The molecule has 0 aromatic heterocycles. The Bertz CT molecular complexity index is 175. The van der Waals surface area contributed by atoms with E-state index in [0.717, 1.165) is 12.1 Å². The molecule has 0 radical (unpaired) electrons. The van der Waals surface area contributed by atoms with E-state index >= 15 is 0 Å². The average molecular weight is 170 g/mol. The summed E-state index contributed by atoms with van der Waals surface area (Å²) in [4.78, 5) is 14.7. The summed E-state index contributed by atoms with van der Waals surface area (Å²) in [5, 5.41) is 0. The maximum absolute atomic E-state index is 11.2. The van der Waals surface area contributed by atoms with E-state index in [0.29, 0.717) is 6.54 Å². The standard InChI is InChI=1S/C9H18N2O/c1-6-8(2)11(5)7-9(12)10(3)4/h2,6-7H2,1,3-5H3. The van der Waals surface area contributed by atoms with Crippen molar-refractivity contribution in [2.45, 2.75) is 13.3 Å². The maximum Gasteiger partial charge on any atom is 0.241 e. The number of likely N-dealkylation sites (N-methyl/N-ethyl adjacent to an activating group) is 2. The molecule has 3 heteroatoms. The molecule has 0 heterocycles. The highest BCUT2D eigenvalue weighted by atomic mass is 16.2. The molecule has 0 unspecified atom stereocenters. The minimum absolute atomic E-state index is 0.104. The van der Waals surface area contributed by atoms with E-state index in [4.69, 9.17) is 0 Å². The van der Waals surface area contributed by atoms with E-state index < -0.39 is 0 Å². The van der Waals surface area contributed by atoms with Gasteiger partial charge in [-0.05, 0) is 6.42 Å². The summed E-state index contributed by atoms with van der Waals surface area (Å²) < 4.78 is 0. The molecule has 0 aromatic carbocycles. The zero-order chi connectivity index (χ0) is 9.72. The van der Waals surface area contributed by atoms with E-state index in [-0.39, 0.29) is 5.91 Å². The molecule has 0 saturated heterocycles. The lowest BCUT2D eigenvalue weighted by atomic mass is 10.3. The second-order valence-electron chi connectivity index (χ2n) is 3.06. The maximum atomic E-state index is 11.2. The minimum Gasteiger partial charge on any atom is -0.369 e. The van der Waals surface area contributed by atoms with Crippen molar-refractivity contribution in [3.05, 3.63) is 12.3 Å². The van der Waals surface area contributed by atoms with Gasteiger partial charge in [0.05, 0.1) is 6.54 Å². The van der Waals surface area contributed by atoms with Gasteiger partial charge in [-0.15, -0.1) is 0 Å². The summed E-state index contributed by atoms with van der Waals surface area (Å²) in [7, 11) is 5.39. The van der Waals surface area contributed by atoms with Crippen molar-refractivity contribution in [3.63, 3.8) is 0 Å². The molecule has 0 aliphatic rings. The Morgan fingerprint density at radius 1 is 1.33 bits per heavy atom. The first kappa shape index (κ1) is 11.0. The van der Waals surface area contributed by atoms with Gasteiger partial charge < -0.3 is 9.80 Å². The van der Waals surface area contributed by atoms with Crippen LogP contribution in [0.25, 0.3) is 0 Å². The molecular formula is C9H18N2O. The van der Waals surface area contributed by atoms with Gasteiger partial charge in [0.2, 0.25) is 5.91 Å². The molecule has 0 N–H and O–H groups in total. The second-order valence-corrected chi connectivity index (χ2v) is 3.06. The molecule has 1 amide bonds. The number of amides is 1. The highest BCUT2D eigenvalue weighted by Gasteiger charge is 2.07. The largest absolute Gasteiger partial charge is 0.369 e. The first-order chi connectivity index (χ1) is 5.49. The van der Waals surface area contributed by atoms with Gasteiger partial charge in [-0.25, -0.2) is 0 Å². The van der Waals surface area contributed by atoms with Crippen LogP contribution in [-0.4, -0.2) is 43.4 Å². The average Bonchev–Trinajstić information content (AvgIpc) is 2.02. The third-order valence-electron chi connectivity index (χ3n) is 1.82. The summed E-state index contributed by atoms with van der Waals surface area (Å²) in [6.45, 7) is 6.28. The lowest BCUT2D eigenvalue weighted by Gasteiger charge is -2.21. The number of carbonyl (C=O) groups is 1. The molecule has 0 fully saturated rings. The lowest BCUT2D eigenvalue weighted by Crippen LogP contribution is -2.33. The van der Waals surface area contributed by atoms with Crippen molar-refractivity contribution in [2.24, 2.45) is 0 Å². The fraction of sp³-hybridized carbons (Fsp3) is 0.667. The Morgan fingerprint density at radius 3 is 2.17 bits per heavy atom. The van der Waals surface area contributed by atoms with Crippen molar-refractivity contribution in [1.82, 2.24) is 9.80 Å². The first-order valence-electron chi connectivity index (χ1n) is 4.08. The SMILES string of the molecule is C=C(CC)N(C)CC(=O)N(C)C. The quantitative estimate of drug-likeness (QED) is 0.626. The number of allylic oxidation sites excluding steroid dienone is 1. The number of hydrogen-bond donors (Lipinski definition) is 0. The number of nitrogens with zero attached hydrogens (tertiary/aromatic N) is 2. The van der Waals surface area contributed by atoms with Crippen molar-refractivity contribution >= 4 is 5.91 Å². The summed E-state index contributed by atoms with van der Waals surface area (Å²) in [6.07, 6.45) is 0.886. The highest BCUT2D eigenvalue weighted by Crippen LogP contribution is 2.02. The third kappa shape index (κ3) is 3.42. The van der Waals surface area contributed by atoms with Crippen LogP contribution in [0.4, 0.5) is 0 Å². The smallest absolute Gasteiger partial charge is 0.241 e. The molecule has 0 saturated carbocycles. The van der Waals surface area contributed by atoms with Crippen LogP contribution in [0, 0.1) is 0 Å². The molecule has 0 bridgehead atoms. The zero-order valence-electron chi connectivity index (χ0n) is 8.42. The molecule has 0 aliphatic carbocycles. The van der Waals surface area contributed by atoms with E-state index in [1.165, 1.54) is 0 Å². The van der Waals surface area contributed by atoms with E-state index in [1.54, 1.807) is 19.0 Å². The van der Waals surface area contributed by atoms with Crippen LogP contribution in [0.5, 0.6) is 0 Å².